The number of Topliss-reactive ketones (excluding diaryl/α,β-unsaturated/α-hetero) is 2. The second-order valence-corrected chi connectivity index (χ2v) is 21.1. The minimum absolute atomic E-state index is 0. The summed E-state index contributed by atoms with van der Waals surface area (Å²) in [5.74, 6) is 0.413. The Morgan fingerprint density at radius 3 is 1.62 bits per heavy atom. The molecule has 4 saturated heterocycles. The van der Waals surface area contributed by atoms with E-state index >= 15 is 0 Å². The predicted octanol–water partition coefficient (Wildman–Crippen LogP) is 5.88. The van der Waals surface area contributed by atoms with Crippen molar-refractivity contribution in [2.24, 2.45) is 16.7 Å². The third-order valence-corrected chi connectivity index (χ3v) is 15.6. The number of carbonyl (C=O) groups excluding carboxylic acids is 6. The van der Waals surface area contributed by atoms with Gasteiger partial charge in [0.1, 0.15) is 17.9 Å². The van der Waals surface area contributed by atoms with Gasteiger partial charge in [-0.15, -0.1) is 23.5 Å². The first kappa shape index (κ1) is 71.3. The number of anilines is 1. The van der Waals surface area contributed by atoms with Gasteiger partial charge < -0.3 is 31.1 Å². The zero-order valence-corrected chi connectivity index (χ0v) is 50.1. The van der Waals surface area contributed by atoms with Gasteiger partial charge in [-0.2, -0.15) is 108 Å². The number of fused-ring (bicyclic) bond motifs is 2. The van der Waals surface area contributed by atoms with Crippen LogP contribution in [-0.4, -0.2) is 112 Å². The molecule has 4 amide bonds. The second-order valence-electron chi connectivity index (χ2n) is 18.5. The number of amides is 4. The number of nitrogens with one attached hydrogen (secondary N) is 4. The van der Waals surface area contributed by atoms with Crippen LogP contribution in [0.4, 0.5) is 5.69 Å². The average molecular weight is 1130 g/mol. The van der Waals surface area contributed by atoms with Gasteiger partial charge in [0.15, 0.2) is 5.78 Å². The fourth-order valence-electron chi connectivity index (χ4n) is 9.31. The first-order chi connectivity index (χ1) is 28.4. The van der Waals surface area contributed by atoms with Gasteiger partial charge in [-0.3, -0.25) is 28.8 Å². The Hall–Kier alpha value is -0.920. The highest BCUT2D eigenvalue weighted by Crippen LogP contribution is 2.48. The largest absolute Gasteiger partial charge is 0.343 e. The summed E-state index contributed by atoms with van der Waals surface area (Å²) < 4.78 is 0. The van der Waals surface area contributed by atoms with Crippen molar-refractivity contribution in [2.45, 2.75) is 134 Å². The lowest BCUT2D eigenvalue weighted by Crippen LogP contribution is -2.57. The van der Waals surface area contributed by atoms with Crippen LogP contribution in [0, 0.1) is 16.7 Å². The number of rotatable bonds is 15. The maximum Gasteiger partial charge on any atom is 0.247 e. The van der Waals surface area contributed by atoms with Gasteiger partial charge in [-0.25, -0.2) is 0 Å². The van der Waals surface area contributed by atoms with E-state index < -0.39 is 35.5 Å². The first-order valence-electron chi connectivity index (χ1n) is 21.5. The lowest BCUT2D eigenvalue weighted by Gasteiger charge is -2.34. The molecular formula is C46H80N6O6S10. The second kappa shape index (κ2) is 31.0. The zero-order chi connectivity index (χ0) is 43.5. The summed E-state index contributed by atoms with van der Waals surface area (Å²) in [6.45, 7) is 11.8. The van der Waals surface area contributed by atoms with E-state index in [2.05, 4.69) is 47.2 Å². The maximum atomic E-state index is 14.1. The molecule has 4 N–H and O–H groups in total. The van der Waals surface area contributed by atoms with E-state index in [9.17, 15) is 28.8 Å². The number of hydrogen-bond donors (Lipinski definition) is 4. The third kappa shape index (κ3) is 16.8. The number of likely N-dealkylation sites (N-methyl/N-ethyl adjacent to an activating group) is 2. The molecule has 0 aliphatic carbocycles. The molecule has 22 heteroatoms. The van der Waals surface area contributed by atoms with Crippen molar-refractivity contribution < 1.29 is 28.8 Å². The number of nitrogens with zero attached hydrogens (tertiary/aromatic N) is 2. The molecule has 4 heterocycles. The highest BCUT2D eigenvalue weighted by Gasteiger charge is 2.55. The predicted molar refractivity (Wildman–Crippen MR) is 323 cm³/mol. The molecule has 12 nitrogen and oxygen atoms in total. The molecule has 0 unspecified atom stereocenters. The molecule has 0 saturated carbocycles. The molecule has 4 aliphatic rings. The summed E-state index contributed by atoms with van der Waals surface area (Å²) in [5, 5.41) is 11.7. The Morgan fingerprint density at radius 2 is 1.10 bits per heavy atom. The average Bonchev–Trinajstić information content (AvgIpc) is 3.53. The molecule has 4 aliphatic heterocycles. The molecule has 2 aromatic rings. The van der Waals surface area contributed by atoms with Crippen molar-refractivity contribution in [1.82, 2.24) is 25.8 Å². The van der Waals surface area contributed by atoms with Gasteiger partial charge in [0, 0.05) is 24.4 Å². The Morgan fingerprint density at radius 1 is 0.647 bits per heavy atom. The maximum absolute atomic E-state index is 14.1. The number of carbonyl (C=O) groups is 6. The SMILES string of the molecule is CN[C@@H](C)C(=O)C[C@H]1CCS[C@H]2CC(C)(C)[C@@H](C(=O)Cc3ccc(CCc4ccc(NC(=O)[C@H]5N6C(=O)[C@@H](NC(=O)[C@H](C)NC)CCS[C@H]6CC5(C)C)cc4)cc3)N2C1=O.S.S.S.S.S.S.S.S. The Kier molecular flexibility index (Phi) is 32.5. The molecule has 0 aromatic heterocycles. The quantitative estimate of drug-likeness (QED) is 0.170. The summed E-state index contributed by atoms with van der Waals surface area (Å²) in [6.07, 6.45) is 4.59. The number of ketones is 2. The van der Waals surface area contributed by atoms with Crippen molar-refractivity contribution in [3.8, 4) is 0 Å². The minimum Gasteiger partial charge on any atom is -0.343 e. The molecule has 0 bridgehead atoms. The van der Waals surface area contributed by atoms with Gasteiger partial charge in [0.2, 0.25) is 23.6 Å². The first-order valence-corrected chi connectivity index (χ1v) is 23.6. The standard InChI is InChI=1S/C46H64N6O6S2.8H2S/c1-27(47-7)35(53)24-32-19-21-59-37-25-45(3,4)39(51(37)43(32)57)36(54)23-31-13-11-29(12-14-31)9-10-30-15-17-33(18-16-30)49-42(56)40-46(5,6)26-38-52(40)44(58)34(20-22-60-38)50-41(55)28(2)48-8;;;;;;;;/h11-18,27-28,32,34,37-40,47-48H,9-10,19-26H2,1-8H3,(H,49,56)(H,50,55);8*1H2/t27-,28-,32+,34-,37-,38-,39+,40+;;;;;;;;/m0......../s1. The molecule has 6 rings (SSSR count). The summed E-state index contributed by atoms with van der Waals surface area (Å²) >= 11 is 3.41. The van der Waals surface area contributed by atoms with Crippen LogP contribution in [0.2, 0.25) is 0 Å². The lowest BCUT2D eigenvalue weighted by atomic mass is 9.80. The van der Waals surface area contributed by atoms with Crippen molar-refractivity contribution >= 4 is 172 Å². The molecule has 0 radical (unpaired) electrons. The fourth-order valence-corrected chi connectivity index (χ4v) is 12.5. The van der Waals surface area contributed by atoms with Gasteiger partial charge in [0.25, 0.3) is 0 Å². The van der Waals surface area contributed by atoms with Crippen molar-refractivity contribution in [2.75, 3.05) is 30.9 Å². The number of benzene rings is 2. The molecular weight excluding hydrogens is 1050 g/mol. The highest BCUT2D eigenvalue weighted by atomic mass is 32.2. The molecule has 2 aromatic carbocycles. The third-order valence-electron chi connectivity index (χ3n) is 13.1. The highest BCUT2D eigenvalue weighted by molar-refractivity contribution is 8.00. The van der Waals surface area contributed by atoms with Gasteiger partial charge >= 0.3 is 0 Å². The van der Waals surface area contributed by atoms with Crippen molar-refractivity contribution in [1.29, 1.82) is 0 Å². The van der Waals surface area contributed by atoms with Crippen LogP contribution in [0.15, 0.2) is 48.5 Å². The van der Waals surface area contributed by atoms with Crippen LogP contribution in [0.1, 0.15) is 90.3 Å². The van der Waals surface area contributed by atoms with E-state index in [0.717, 1.165) is 41.7 Å². The lowest BCUT2D eigenvalue weighted by molar-refractivity contribution is -0.144. The van der Waals surface area contributed by atoms with Crippen LogP contribution in [0.3, 0.4) is 0 Å². The van der Waals surface area contributed by atoms with Crippen LogP contribution in [-0.2, 0) is 48.0 Å². The smallest absolute Gasteiger partial charge is 0.247 e. The van der Waals surface area contributed by atoms with Crippen molar-refractivity contribution in [3.63, 3.8) is 0 Å². The van der Waals surface area contributed by atoms with E-state index in [1.54, 1.807) is 49.4 Å². The number of aryl methyl sites for hydroxylation is 2. The molecule has 8 atom stereocenters. The summed E-state index contributed by atoms with van der Waals surface area (Å²) in [7, 11) is 3.45. The van der Waals surface area contributed by atoms with E-state index in [0.29, 0.717) is 30.7 Å². The minimum atomic E-state index is -0.682. The monoisotopic (exact) mass is 1130 g/mol. The normalized spacial score (nSPS) is 23.8. The Labute approximate surface area is 469 Å². The van der Waals surface area contributed by atoms with Crippen molar-refractivity contribution in [3.05, 3.63) is 65.2 Å². The van der Waals surface area contributed by atoms with Gasteiger partial charge in [-0.05, 0) is 118 Å². The summed E-state index contributed by atoms with van der Waals surface area (Å²) in [6, 6.07) is 13.3. The zero-order valence-electron chi connectivity index (χ0n) is 40.5. The van der Waals surface area contributed by atoms with Gasteiger partial charge in [0.05, 0.1) is 28.9 Å². The van der Waals surface area contributed by atoms with E-state index in [1.807, 2.05) is 62.1 Å². The van der Waals surface area contributed by atoms with Crippen LogP contribution in [0.25, 0.3) is 0 Å². The van der Waals surface area contributed by atoms with Crippen LogP contribution < -0.4 is 21.3 Å². The van der Waals surface area contributed by atoms with E-state index in [4.69, 9.17) is 0 Å². The topological polar surface area (TPSA) is 157 Å². The van der Waals surface area contributed by atoms with Crippen LogP contribution in [0.5, 0.6) is 0 Å². The Bertz CT molecular complexity index is 1810. The van der Waals surface area contributed by atoms with Gasteiger partial charge in [-0.1, -0.05) is 64.1 Å². The number of thioether (sulfide) groups is 2. The molecule has 68 heavy (non-hydrogen) atoms. The summed E-state index contributed by atoms with van der Waals surface area (Å²) in [5.41, 5.74) is 2.99. The Balaban J connectivity index is -0.00000528. The summed E-state index contributed by atoms with van der Waals surface area (Å²) in [4.78, 5) is 84.9. The molecule has 390 valence electrons. The number of hydrogen-bond acceptors (Lipinski definition) is 10. The molecule has 4 fully saturated rings. The molecule has 0 spiro atoms. The van der Waals surface area contributed by atoms with E-state index in [1.165, 1.54) is 0 Å². The van der Waals surface area contributed by atoms with Crippen LogP contribution >= 0.6 is 131 Å². The van der Waals surface area contributed by atoms with E-state index in [-0.39, 0.29) is 178 Å². The fraction of sp³-hybridized carbons (Fsp3) is 0.609.